The van der Waals surface area contributed by atoms with Gasteiger partial charge in [0.1, 0.15) is 6.61 Å². The van der Waals surface area contributed by atoms with Gasteiger partial charge in [0, 0.05) is 5.69 Å². The quantitative estimate of drug-likeness (QED) is 0.642. The lowest BCUT2D eigenvalue weighted by molar-refractivity contribution is -0.172. The number of aromatic amines is 1. The number of H-pyrrole nitrogens is 1. The Labute approximate surface area is 118 Å². The summed E-state index contributed by atoms with van der Waals surface area (Å²) in [6.45, 7) is -2.06. The first-order chi connectivity index (χ1) is 9.67. The van der Waals surface area contributed by atoms with Crippen LogP contribution in [0.2, 0.25) is 0 Å². The Balaban J connectivity index is 2.07. The predicted molar refractivity (Wildman–Crippen MR) is 69.4 cm³/mol. The highest BCUT2D eigenvalue weighted by Gasteiger charge is 2.28. The number of nitrogen functional groups attached to an aromatic ring is 1. The van der Waals surface area contributed by atoms with Crippen molar-refractivity contribution in [2.45, 2.75) is 11.3 Å². The molecular formula is C11H12F3N3O3S. The second-order valence-corrected chi connectivity index (χ2v) is 6.33. The number of benzene rings is 1. The SMILES string of the molecule is Nc1ccc2nc(S(=O)(=O)CCOCC(F)(F)F)[nH]c2c1. The summed E-state index contributed by atoms with van der Waals surface area (Å²) in [6.07, 6.45) is -4.49. The molecule has 1 heterocycles. The minimum Gasteiger partial charge on any atom is -0.399 e. The van der Waals surface area contributed by atoms with E-state index in [9.17, 15) is 21.6 Å². The van der Waals surface area contributed by atoms with Gasteiger partial charge in [-0.15, -0.1) is 0 Å². The summed E-state index contributed by atoms with van der Waals surface area (Å²) in [5, 5.41) is -0.321. The third kappa shape index (κ3) is 4.08. The number of nitrogens with zero attached hydrogens (tertiary/aromatic N) is 1. The molecule has 0 fully saturated rings. The second kappa shape index (κ2) is 5.53. The van der Waals surface area contributed by atoms with Crippen LogP contribution in [-0.2, 0) is 14.6 Å². The minimum absolute atomic E-state index is 0.321. The number of imidazole rings is 1. The van der Waals surface area contributed by atoms with Gasteiger partial charge in [-0.3, -0.25) is 0 Å². The van der Waals surface area contributed by atoms with E-state index in [4.69, 9.17) is 5.73 Å². The van der Waals surface area contributed by atoms with E-state index in [0.717, 1.165) is 0 Å². The zero-order valence-corrected chi connectivity index (χ0v) is 11.5. The highest BCUT2D eigenvalue weighted by molar-refractivity contribution is 7.91. The maximum absolute atomic E-state index is 11.9. The average molecular weight is 323 g/mol. The summed E-state index contributed by atoms with van der Waals surface area (Å²) in [4.78, 5) is 6.45. The fourth-order valence-corrected chi connectivity index (χ4v) is 2.64. The van der Waals surface area contributed by atoms with E-state index in [1.54, 1.807) is 12.1 Å². The largest absolute Gasteiger partial charge is 0.411 e. The number of alkyl halides is 3. The van der Waals surface area contributed by atoms with Crippen molar-refractivity contribution in [3.63, 3.8) is 0 Å². The topological polar surface area (TPSA) is 98.1 Å². The van der Waals surface area contributed by atoms with Gasteiger partial charge in [0.05, 0.1) is 23.4 Å². The van der Waals surface area contributed by atoms with Crippen LogP contribution in [0.3, 0.4) is 0 Å². The number of anilines is 1. The number of aromatic nitrogens is 2. The Hall–Kier alpha value is -1.81. The van der Waals surface area contributed by atoms with Gasteiger partial charge in [0.2, 0.25) is 15.0 Å². The van der Waals surface area contributed by atoms with Crippen LogP contribution in [0.15, 0.2) is 23.4 Å². The molecule has 3 N–H and O–H groups in total. The van der Waals surface area contributed by atoms with Gasteiger partial charge in [-0.2, -0.15) is 13.2 Å². The number of nitrogens with two attached hydrogens (primary N) is 1. The van der Waals surface area contributed by atoms with Crippen LogP contribution >= 0.6 is 0 Å². The molecule has 0 amide bonds. The fourth-order valence-electron chi connectivity index (χ4n) is 1.60. The molecule has 0 bridgehead atoms. The number of ether oxygens (including phenoxy) is 1. The summed E-state index contributed by atoms with van der Waals surface area (Å²) in [7, 11) is -3.85. The van der Waals surface area contributed by atoms with E-state index in [-0.39, 0.29) is 5.16 Å². The van der Waals surface area contributed by atoms with Gasteiger partial charge in [-0.25, -0.2) is 13.4 Å². The first-order valence-corrected chi connectivity index (χ1v) is 7.45. The molecule has 0 atom stereocenters. The smallest absolute Gasteiger partial charge is 0.399 e. The molecule has 1 aromatic carbocycles. The third-order valence-electron chi connectivity index (χ3n) is 2.54. The lowest BCUT2D eigenvalue weighted by Gasteiger charge is -2.07. The van der Waals surface area contributed by atoms with Crippen molar-refractivity contribution in [1.82, 2.24) is 9.97 Å². The molecule has 0 aliphatic heterocycles. The van der Waals surface area contributed by atoms with Crippen LogP contribution in [0.25, 0.3) is 11.0 Å². The molecule has 0 unspecified atom stereocenters. The van der Waals surface area contributed by atoms with Crippen molar-refractivity contribution in [1.29, 1.82) is 0 Å². The second-order valence-electron chi connectivity index (χ2n) is 4.31. The van der Waals surface area contributed by atoms with E-state index in [0.29, 0.717) is 16.7 Å². The molecule has 2 aromatic rings. The number of hydrogen-bond acceptors (Lipinski definition) is 5. The Morgan fingerprint density at radius 2 is 2.05 bits per heavy atom. The molecule has 116 valence electrons. The molecule has 6 nitrogen and oxygen atoms in total. The molecule has 21 heavy (non-hydrogen) atoms. The predicted octanol–water partition coefficient (Wildman–Crippen LogP) is 1.50. The van der Waals surface area contributed by atoms with Gasteiger partial charge in [0.25, 0.3) is 0 Å². The lowest BCUT2D eigenvalue weighted by atomic mass is 10.3. The van der Waals surface area contributed by atoms with Crippen LogP contribution in [0.5, 0.6) is 0 Å². The van der Waals surface area contributed by atoms with E-state index in [2.05, 4.69) is 14.7 Å². The molecule has 0 spiro atoms. The van der Waals surface area contributed by atoms with Crippen molar-refractivity contribution in [2.24, 2.45) is 0 Å². The highest BCUT2D eigenvalue weighted by Crippen LogP contribution is 2.18. The monoisotopic (exact) mass is 323 g/mol. The molecule has 0 radical (unpaired) electrons. The Kier molecular flexibility index (Phi) is 4.10. The van der Waals surface area contributed by atoms with E-state index in [1.165, 1.54) is 6.07 Å². The Bertz CT molecular complexity index is 740. The number of nitrogens with one attached hydrogen (secondary N) is 1. The van der Waals surface area contributed by atoms with Gasteiger partial charge in [-0.05, 0) is 18.2 Å². The fraction of sp³-hybridized carbons (Fsp3) is 0.364. The molecule has 0 saturated carbocycles. The van der Waals surface area contributed by atoms with Gasteiger partial charge >= 0.3 is 6.18 Å². The normalized spacial score (nSPS) is 12.9. The van der Waals surface area contributed by atoms with Crippen molar-refractivity contribution in [3.8, 4) is 0 Å². The zero-order chi connectivity index (χ0) is 15.7. The number of fused-ring (bicyclic) bond motifs is 1. The van der Waals surface area contributed by atoms with Crippen molar-refractivity contribution in [3.05, 3.63) is 18.2 Å². The number of rotatable bonds is 5. The molecular weight excluding hydrogens is 311 g/mol. The van der Waals surface area contributed by atoms with Crippen LogP contribution < -0.4 is 5.73 Å². The van der Waals surface area contributed by atoms with E-state index >= 15 is 0 Å². The molecule has 10 heteroatoms. The maximum atomic E-state index is 11.9. The standard InChI is InChI=1S/C11H12F3N3O3S/c12-11(13,14)6-20-3-4-21(18,19)10-16-8-2-1-7(15)5-9(8)17-10/h1-2,5H,3-4,6,15H2,(H,16,17). The summed E-state index contributed by atoms with van der Waals surface area (Å²) in [5.74, 6) is -0.599. The zero-order valence-electron chi connectivity index (χ0n) is 10.6. The third-order valence-corrected chi connectivity index (χ3v) is 4.03. The van der Waals surface area contributed by atoms with Gasteiger partial charge in [-0.1, -0.05) is 0 Å². The van der Waals surface area contributed by atoms with Crippen LogP contribution in [0.1, 0.15) is 0 Å². The van der Waals surface area contributed by atoms with Crippen LogP contribution in [0.4, 0.5) is 18.9 Å². The first-order valence-electron chi connectivity index (χ1n) is 5.80. The lowest BCUT2D eigenvalue weighted by Crippen LogP contribution is -2.21. The van der Waals surface area contributed by atoms with Crippen molar-refractivity contribution in [2.75, 3.05) is 24.7 Å². The first kappa shape index (κ1) is 15.6. The van der Waals surface area contributed by atoms with Crippen molar-refractivity contribution >= 4 is 26.6 Å². The van der Waals surface area contributed by atoms with E-state index in [1.807, 2.05) is 0 Å². The molecule has 0 aliphatic carbocycles. The number of sulfone groups is 1. The molecule has 0 saturated heterocycles. The van der Waals surface area contributed by atoms with Crippen molar-refractivity contribution < 1.29 is 26.3 Å². The highest BCUT2D eigenvalue weighted by atomic mass is 32.2. The molecule has 0 aliphatic rings. The number of halogens is 3. The number of hydrogen-bond donors (Lipinski definition) is 2. The minimum atomic E-state index is -4.49. The van der Waals surface area contributed by atoms with Gasteiger partial charge in [0.15, 0.2) is 0 Å². The summed E-state index contributed by atoms with van der Waals surface area (Å²) in [6, 6.07) is 4.62. The maximum Gasteiger partial charge on any atom is 0.411 e. The summed E-state index contributed by atoms with van der Waals surface area (Å²) < 4.78 is 63.7. The average Bonchev–Trinajstić information content (AvgIpc) is 2.77. The van der Waals surface area contributed by atoms with Crippen LogP contribution in [-0.4, -0.2) is 43.5 Å². The van der Waals surface area contributed by atoms with Gasteiger partial charge < -0.3 is 15.5 Å². The van der Waals surface area contributed by atoms with Crippen LogP contribution in [0, 0.1) is 0 Å². The molecule has 1 aromatic heterocycles. The Morgan fingerprint density at radius 1 is 1.33 bits per heavy atom. The Morgan fingerprint density at radius 3 is 2.71 bits per heavy atom. The summed E-state index contributed by atoms with van der Waals surface area (Å²) in [5.41, 5.74) is 6.83. The van der Waals surface area contributed by atoms with E-state index < -0.39 is 35.0 Å². The summed E-state index contributed by atoms with van der Waals surface area (Å²) >= 11 is 0. The molecule has 2 rings (SSSR count).